The first-order valence-electron chi connectivity index (χ1n) is 3.95. The number of rotatable bonds is 2. The Kier molecular flexibility index (Phi) is 2.39. The lowest BCUT2D eigenvalue weighted by molar-refractivity contribution is 0.152. The van der Waals surface area contributed by atoms with Crippen molar-refractivity contribution in [2.45, 2.75) is 6.43 Å². The number of nitrogens with zero attached hydrogens (tertiary/aromatic N) is 1. The van der Waals surface area contributed by atoms with Gasteiger partial charge in [-0.1, -0.05) is 0 Å². The Balaban J connectivity index is 2.54. The van der Waals surface area contributed by atoms with Crippen LogP contribution in [0.15, 0.2) is 10.8 Å². The Hall–Kier alpha value is -1.50. The first-order chi connectivity index (χ1) is 7.11. The highest BCUT2D eigenvalue weighted by molar-refractivity contribution is 7.08. The monoisotopic (exact) mass is 233 g/mol. The van der Waals surface area contributed by atoms with E-state index in [1.54, 1.807) is 0 Å². The fourth-order valence-electron chi connectivity index (χ4n) is 1.20. The molecule has 0 unspecified atom stereocenters. The third-order valence-electron chi connectivity index (χ3n) is 1.93. The second-order valence-electron chi connectivity index (χ2n) is 2.84. The van der Waals surface area contributed by atoms with Crippen LogP contribution < -0.4 is 5.73 Å². The number of nitrogen functional groups attached to an aromatic ring is 1. The summed E-state index contributed by atoms with van der Waals surface area (Å²) in [4.78, 5) is 0. The molecule has 0 fully saturated rings. The number of aromatic amines is 1. The number of thiophene rings is 1. The molecule has 0 aliphatic heterocycles. The largest absolute Gasteiger partial charge is 0.380 e. The Morgan fingerprint density at radius 2 is 2.13 bits per heavy atom. The SMILES string of the molecule is Nc1n[nH]c(-c2cscc2C(F)F)c1F. The van der Waals surface area contributed by atoms with Gasteiger partial charge in [-0.25, -0.2) is 13.2 Å². The molecule has 2 rings (SSSR count). The molecule has 3 nitrogen and oxygen atoms in total. The molecule has 7 heteroatoms. The normalized spacial score (nSPS) is 11.2. The molecule has 0 saturated carbocycles. The summed E-state index contributed by atoms with van der Waals surface area (Å²) in [7, 11) is 0. The van der Waals surface area contributed by atoms with Gasteiger partial charge in [-0.3, -0.25) is 5.10 Å². The summed E-state index contributed by atoms with van der Waals surface area (Å²) in [5, 5.41) is 8.41. The third kappa shape index (κ3) is 1.58. The zero-order valence-electron chi connectivity index (χ0n) is 7.30. The number of nitrogens with two attached hydrogens (primary N) is 1. The van der Waals surface area contributed by atoms with Crippen molar-refractivity contribution in [3.05, 3.63) is 22.1 Å². The summed E-state index contributed by atoms with van der Waals surface area (Å²) in [6.45, 7) is 0. The molecule has 2 heterocycles. The van der Waals surface area contributed by atoms with Gasteiger partial charge in [0.25, 0.3) is 6.43 Å². The van der Waals surface area contributed by atoms with Crippen molar-refractivity contribution >= 4 is 17.2 Å². The van der Waals surface area contributed by atoms with Gasteiger partial charge in [-0.2, -0.15) is 16.4 Å². The number of aromatic nitrogens is 2. The van der Waals surface area contributed by atoms with E-state index in [1.807, 2.05) is 0 Å². The van der Waals surface area contributed by atoms with Crippen LogP contribution in [0, 0.1) is 5.82 Å². The second kappa shape index (κ2) is 3.58. The molecule has 0 atom stereocenters. The van der Waals surface area contributed by atoms with E-state index in [9.17, 15) is 13.2 Å². The summed E-state index contributed by atoms with van der Waals surface area (Å²) in [6, 6.07) is 0. The number of H-pyrrole nitrogens is 1. The van der Waals surface area contributed by atoms with Crippen molar-refractivity contribution in [1.29, 1.82) is 0 Å². The topological polar surface area (TPSA) is 54.7 Å². The van der Waals surface area contributed by atoms with Gasteiger partial charge in [0.2, 0.25) is 0 Å². The number of alkyl halides is 2. The predicted molar refractivity (Wildman–Crippen MR) is 51.2 cm³/mol. The van der Waals surface area contributed by atoms with Crippen molar-refractivity contribution in [2.24, 2.45) is 0 Å². The zero-order valence-corrected chi connectivity index (χ0v) is 8.12. The molecular weight excluding hydrogens is 227 g/mol. The van der Waals surface area contributed by atoms with Crippen molar-refractivity contribution < 1.29 is 13.2 Å². The number of nitrogens with one attached hydrogen (secondary N) is 1. The van der Waals surface area contributed by atoms with Gasteiger partial charge in [-0.05, 0) is 0 Å². The maximum atomic E-state index is 13.3. The zero-order chi connectivity index (χ0) is 11.0. The Labute approximate surface area is 86.7 Å². The Bertz CT molecular complexity index is 477. The van der Waals surface area contributed by atoms with Gasteiger partial charge in [0, 0.05) is 21.9 Å². The lowest BCUT2D eigenvalue weighted by Crippen LogP contribution is -1.89. The van der Waals surface area contributed by atoms with Crippen LogP contribution in [-0.4, -0.2) is 10.2 Å². The number of halogens is 3. The molecule has 0 amide bonds. The molecule has 0 aliphatic carbocycles. The highest BCUT2D eigenvalue weighted by Crippen LogP contribution is 2.35. The highest BCUT2D eigenvalue weighted by Gasteiger charge is 2.20. The molecular formula is C8H6F3N3S. The fourth-order valence-corrected chi connectivity index (χ4v) is 2.03. The standard InChI is InChI=1S/C8H6F3N3S/c9-5-6(13-14-8(5)12)3-1-15-2-4(3)7(10)11/h1-2,7H,(H3,12,13,14). The summed E-state index contributed by atoms with van der Waals surface area (Å²) in [5.41, 5.74) is 4.97. The summed E-state index contributed by atoms with van der Waals surface area (Å²) < 4.78 is 38.3. The molecule has 0 bridgehead atoms. The minimum atomic E-state index is -2.64. The maximum Gasteiger partial charge on any atom is 0.265 e. The Morgan fingerprint density at radius 1 is 1.40 bits per heavy atom. The minimum absolute atomic E-state index is 0.0935. The average molecular weight is 233 g/mol. The lowest BCUT2D eigenvalue weighted by Gasteiger charge is -1.99. The van der Waals surface area contributed by atoms with Crippen LogP contribution in [-0.2, 0) is 0 Å². The number of anilines is 1. The van der Waals surface area contributed by atoms with Gasteiger partial charge >= 0.3 is 0 Å². The first-order valence-corrected chi connectivity index (χ1v) is 4.89. The predicted octanol–water partition coefficient (Wildman–Crippen LogP) is 2.80. The van der Waals surface area contributed by atoms with Crippen molar-refractivity contribution in [3.8, 4) is 11.3 Å². The van der Waals surface area contributed by atoms with Crippen LogP contribution >= 0.6 is 11.3 Å². The van der Waals surface area contributed by atoms with Gasteiger partial charge in [0.05, 0.1) is 0 Å². The molecule has 0 aromatic carbocycles. The highest BCUT2D eigenvalue weighted by atomic mass is 32.1. The maximum absolute atomic E-state index is 13.3. The van der Waals surface area contributed by atoms with Crippen LogP contribution in [0.3, 0.4) is 0 Å². The molecule has 3 N–H and O–H groups in total. The van der Waals surface area contributed by atoms with Gasteiger partial charge in [-0.15, -0.1) is 0 Å². The van der Waals surface area contributed by atoms with E-state index in [1.165, 1.54) is 10.8 Å². The van der Waals surface area contributed by atoms with Gasteiger partial charge in [0.15, 0.2) is 11.6 Å². The van der Waals surface area contributed by atoms with Gasteiger partial charge in [0.1, 0.15) is 5.69 Å². The van der Waals surface area contributed by atoms with E-state index in [2.05, 4.69) is 10.2 Å². The van der Waals surface area contributed by atoms with E-state index >= 15 is 0 Å². The van der Waals surface area contributed by atoms with E-state index in [4.69, 9.17) is 5.73 Å². The van der Waals surface area contributed by atoms with Crippen LogP contribution in [0.2, 0.25) is 0 Å². The molecule has 0 spiro atoms. The van der Waals surface area contributed by atoms with E-state index in [0.717, 1.165) is 11.3 Å². The van der Waals surface area contributed by atoms with Crippen LogP contribution in [0.25, 0.3) is 11.3 Å². The smallest absolute Gasteiger partial charge is 0.265 e. The molecule has 2 aromatic rings. The van der Waals surface area contributed by atoms with Crippen LogP contribution in [0.1, 0.15) is 12.0 Å². The summed E-state index contributed by atoms with van der Waals surface area (Å²) in [6.07, 6.45) is -2.64. The van der Waals surface area contributed by atoms with E-state index < -0.39 is 12.2 Å². The molecule has 80 valence electrons. The third-order valence-corrected chi connectivity index (χ3v) is 2.69. The first kappa shape index (κ1) is 10.0. The molecule has 0 radical (unpaired) electrons. The van der Waals surface area contributed by atoms with Crippen LogP contribution in [0.5, 0.6) is 0 Å². The van der Waals surface area contributed by atoms with E-state index in [-0.39, 0.29) is 22.6 Å². The quantitative estimate of drug-likeness (QED) is 0.837. The van der Waals surface area contributed by atoms with Crippen LogP contribution in [0.4, 0.5) is 19.0 Å². The Morgan fingerprint density at radius 3 is 2.67 bits per heavy atom. The molecule has 0 aliphatic rings. The second-order valence-corrected chi connectivity index (χ2v) is 3.58. The molecule has 0 saturated heterocycles. The fraction of sp³-hybridized carbons (Fsp3) is 0.125. The average Bonchev–Trinajstić information content (AvgIpc) is 2.75. The van der Waals surface area contributed by atoms with Crippen molar-refractivity contribution in [1.82, 2.24) is 10.2 Å². The van der Waals surface area contributed by atoms with Gasteiger partial charge < -0.3 is 5.73 Å². The lowest BCUT2D eigenvalue weighted by atomic mass is 10.1. The minimum Gasteiger partial charge on any atom is -0.380 e. The molecule has 2 aromatic heterocycles. The number of hydrogen-bond acceptors (Lipinski definition) is 3. The van der Waals surface area contributed by atoms with Crippen molar-refractivity contribution in [3.63, 3.8) is 0 Å². The summed E-state index contributed by atoms with van der Waals surface area (Å²) in [5.74, 6) is -1.12. The van der Waals surface area contributed by atoms with Crippen molar-refractivity contribution in [2.75, 3.05) is 5.73 Å². The summed E-state index contributed by atoms with van der Waals surface area (Å²) >= 11 is 1.07. The molecule has 15 heavy (non-hydrogen) atoms. The van der Waals surface area contributed by atoms with E-state index in [0.29, 0.717) is 0 Å². The number of hydrogen-bond donors (Lipinski definition) is 2.